The maximum Gasteiger partial charge on any atom is 0.0625 e. The second-order valence-electron chi connectivity index (χ2n) is 4.13. The van der Waals surface area contributed by atoms with E-state index in [1.807, 2.05) is 0 Å². The number of nitrogens with zero attached hydrogens (tertiary/aromatic N) is 2. The van der Waals surface area contributed by atoms with Gasteiger partial charge in [0.25, 0.3) is 0 Å². The summed E-state index contributed by atoms with van der Waals surface area (Å²) in [6.07, 6.45) is 0. The van der Waals surface area contributed by atoms with Crippen LogP contribution >= 0.6 is 0 Å². The van der Waals surface area contributed by atoms with Gasteiger partial charge in [-0.2, -0.15) is 5.10 Å². The molecule has 0 amide bonds. The number of hydrogen-bond donors (Lipinski definition) is 1. The molecule has 0 aromatic carbocycles. The standard InChI is InChI=1S/C11H21N3/c1-8(2)12-6-7-14-11(5)9(3)10(4)13-14/h8,12H,6-7H2,1-5H3. The lowest BCUT2D eigenvalue weighted by Gasteiger charge is -2.09. The topological polar surface area (TPSA) is 29.9 Å². The van der Waals surface area contributed by atoms with Gasteiger partial charge in [0.05, 0.1) is 12.2 Å². The Morgan fingerprint density at radius 1 is 1.29 bits per heavy atom. The molecule has 1 rings (SSSR count). The summed E-state index contributed by atoms with van der Waals surface area (Å²) >= 11 is 0. The van der Waals surface area contributed by atoms with Gasteiger partial charge in [0, 0.05) is 18.3 Å². The first-order valence-electron chi connectivity index (χ1n) is 5.26. The van der Waals surface area contributed by atoms with Crippen LogP contribution in [0, 0.1) is 20.8 Å². The van der Waals surface area contributed by atoms with Gasteiger partial charge in [0.15, 0.2) is 0 Å². The first-order valence-corrected chi connectivity index (χ1v) is 5.26. The van der Waals surface area contributed by atoms with Crippen LogP contribution in [0.4, 0.5) is 0 Å². The van der Waals surface area contributed by atoms with E-state index in [1.54, 1.807) is 0 Å². The van der Waals surface area contributed by atoms with Crippen molar-refractivity contribution >= 4 is 0 Å². The summed E-state index contributed by atoms with van der Waals surface area (Å²) in [7, 11) is 0. The normalized spacial score (nSPS) is 11.3. The number of aromatic nitrogens is 2. The molecule has 0 aliphatic heterocycles. The summed E-state index contributed by atoms with van der Waals surface area (Å²) in [5.41, 5.74) is 3.75. The minimum Gasteiger partial charge on any atom is -0.313 e. The molecule has 1 aromatic rings. The molecule has 0 spiro atoms. The molecule has 0 bridgehead atoms. The molecule has 80 valence electrons. The Labute approximate surface area is 86.5 Å². The van der Waals surface area contributed by atoms with Crippen LogP contribution in [0.25, 0.3) is 0 Å². The lowest BCUT2D eigenvalue weighted by Crippen LogP contribution is -2.27. The second-order valence-corrected chi connectivity index (χ2v) is 4.13. The molecule has 0 fully saturated rings. The second kappa shape index (κ2) is 4.60. The van der Waals surface area contributed by atoms with Crippen LogP contribution in [-0.2, 0) is 6.54 Å². The quantitative estimate of drug-likeness (QED) is 0.794. The van der Waals surface area contributed by atoms with E-state index in [-0.39, 0.29) is 0 Å². The van der Waals surface area contributed by atoms with Crippen LogP contribution < -0.4 is 5.32 Å². The maximum atomic E-state index is 4.48. The van der Waals surface area contributed by atoms with Gasteiger partial charge in [-0.15, -0.1) is 0 Å². The molecule has 0 unspecified atom stereocenters. The molecule has 1 N–H and O–H groups in total. The van der Waals surface area contributed by atoms with E-state index in [2.05, 4.69) is 49.7 Å². The first kappa shape index (κ1) is 11.2. The Balaban J connectivity index is 2.55. The molecule has 1 aromatic heterocycles. The number of rotatable bonds is 4. The Morgan fingerprint density at radius 3 is 2.36 bits per heavy atom. The molecule has 1 heterocycles. The van der Waals surface area contributed by atoms with Crippen LogP contribution in [0.3, 0.4) is 0 Å². The van der Waals surface area contributed by atoms with Crippen LogP contribution in [0.1, 0.15) is 30.8 Å². The Kier molecular flexibility index (Phi) is 3.69. The van der Waals surface area contributed by atoms with Crippen molar-refractivity contribution < 1.29 is 0 Å². The van der Waals surface area contributed by atoms with Gasteiger partial charge in [0.2, 0.25) is 0 Å². The van der Waals surface area contributed by atoms with Gasteiger partial charge in [-0.05, 0) is 26.3 Å². The molecule has 0 radical (unpaired) electrons. The summed E-state index contributed by atoms with van der Waals surface area (Å²) in [5, 5.41) is 7.87. The number of hydrogen-bond acceptors (Lipinski definition) is 2. The largest absolute Gasteiger partial charge is 0.313 e. The minimum atomic E-state index is 0.549. The summed E-state index contributed by atoms with van der Waals surface area (Å²) < 4.78 is 2.08. The van der Waals surface area contributed by atoms with Gasteiger partial charge in [0.1, 0.15) is 0 Å². The predicted molar refractivity (Wildman–Crippen MR) is 59.6 cm³/mol. The van der Waals surface area contributed by atoms with Crippen molar-refractivity contribution in [2.24, 2.45) is 0 Å². The monoisotopic (exact) mass is 195 g/mol. The van der Waals surface area contributed by atoms with Gasteiger partial charge in [-0.1, -0.05) is 13.8 Å². The van der Waals surface area contributed by atoms with E-state index < -0.39 is 0 Å². The van der Waals surface area contributed by atoms with Gasteiger partial charge in [-0.25, -0.2) is 0 Å². The molecule has 0 saturated carbocycles. The van der Waals surface area contributed by atoms with Crippen molar-refractivity contribution in [1.82, 2.24) is 15.1 Å². The van der Waals surface area contributed by atoms with E-state index in [0.29, 0.717) is 6.04 Å². The smallest absolute Gasteiger partial charge is 0.0625 e. The van der Waals surface area contributed by atoms with Crippen LogP contribution in [0.15, 0.2) is 0 Å². The highest BCUT2D eigenvalue weighted by Gasteiger charge is 2.06. The minimum absolute atomic E-state index is 0.549. The Morgan fingerprint density at radius 2 is 1.93 bits per heavy atom. The molecule has 0 aliphatic carbocycles. The number of aryl methyl sites for hydroxylation is 1. The third-order valence-corrected chi connectivity index (χ3v) is 2.62. The van der Waals surface area contributed by atoms with E-state index in [1.165, 1.54) is 11.3 Å². The highest BCUT2D eigenvalue weighted by atomic mass is 15.3. The number of nitrogens with one attached hydrogen (secondary N) is 1. The molecular weight excluding hydrogens is 174 g/mol. The molecule has 0 atom stereocenters. The van der Waals surface area contributed by atoms with Crippen molar-refractivity contribution in [1.29, 1.82) is 0 Å². The molecule has 3 heteroatoms. The van der Waals surface area contributed by atoms with E-state index in [4.69, 9.17) is 0 Å². The van der Waals surface area contributed by atoms with Crippen molar-refractivity contribution in [3.63, 3.8) is 0 Å². The Hall–Kier alpha value is -0.830. The average Bonchev–Trinajstić information content (AvgIpc) is 2.33. The van der Waals surface area contributed by atoms with E-state index in [0.717, 1.165) is 18.8 Å². The van der Waals surface area contributed by atoms with Crippen LogP contribution in [-0.4, -0.2) is 22.4 Å². The van der Waals surface area contributed by atoms with E-state index >= 15 is 0 Å². The highest BCUT2D eigenvalue weighted by molar-refractivity contribution is 5.22. The lowest BCUT2D eigenvalue weighted by atomic mass is 10.2. The SMILES string of the molecule is Cc1nn(CCNC(C)C)c(C)c1C. The maximum absolute atomic E-state index is 4.48. The highest BCUT2D eigenvalue weighted by Crippen LogP contribution is 2.10. The molecule has 0 saturated heterocycles. The van der Waals surface area contributed by atoms with E-state index in [9.17, 15) is 0 Å². The van der Waals surface area contributed by atoms with Crippen LogP contribution in [0.2, 0.25) is 0 Å². The third kappa shape index (κ3) is 2.58. The molecule has 0 aliphatic rings. The van der Waals surface area contributed by atoms with Gasteiger partial charge >= 0.3 is 0 Å². The van der Waals surface area contributed by atoms with Crippen molar-refractivity contribution in [2.75, 3.05) is 6.54 Å². The fraction of sp³-hybridized carbons (Fsp3) is 0.727. The third-order valence-electron chi connectivity index (χ3n) is 2.62. The zero-order valence-corrected chi connectivity index (χ0v) is 9.89. The molecule has 3 nitrogen and oxygen atoms in total. The summed E-state index contributed by atoms with van der Waals surface area (Å²) in [6.45, 7) is 12.6. The predicted octanol–water partition coefficient (Wildman–Crippen LogP) is 1.81. The fourth-order valence-electron chi connectivity index (χ4n) is 1.46. The zero-order valence-electron chi connectivity index (χ0n) is 9.89. The Bertz CT molecular complexity index is 300. The van der Waals surface area contributed by atoms with Crippen LogP contribution in [0.5, 0.6) is 0 Å². The van der Waals surface area contributed by atoms with Crippen molar-refractivity contribution in [3.8, 4) is 0 Å². The van der Waals surface area contributed by atoms with Crippen molar-refractivity contribution in [2.45, 2.75) is 47.2 Å². The summed E-state index contributed by atoms with van der Waals surface area (Å²) in [6, 6.07) is 0.549. The summed E-state index contributed by atoms with van der Waals surface area (Å²) in [4.78, 5) is 0. The van der Waals surface area contributed by atoms with Gasteiger partial charge in [-0.3, -0.25) is 4.68 Å². The summed E-state index contributed by atoms with van der Waals surface area (Å²) in [5.74, 6) is 0. The first-order chi connectivity index (χ1) is 6.52. The average molecular weight is 195 g/mol. The zero-order chi connectivity index (χ0) is 10.7. The molecule has 14 heavy (non-hydrogen) atoms. The fourth-order valence-corrected chi connectivity index (χ4v) is 1.46. The van der Waals surface area contributed by atoms with Crippen molar-refractivity contribution in [3.05, 3.63) is 17.0 Å². The van der Waals surface area contributed by atoms with Gasteiger partial charge < -0.3 is 5.32 Å². The lowest BCUT2D eigenvalue weighted by molar-refractivity contribution is 0.507. The molecular formula is C11H21N3.